The van der Waals surface area contributed by atoms with Gasteiger partial charge in [0.25, 0.3) is 0 Å². The van der Waals surface area contributed by atoms with E-state index in [1.807, 2.05) is 6.20 Å². The highest BCUT2D eigenvalue weighted by atomic mass is 15.2. The summed E-state index contributed by atoms with van der Waals surface area (Å²) in [5, 5.41) is 3.34. The molecule has 1 heterocycles. The van der Waals surface area contributed by atoms with Crippen molar-refractivity contribution in [2.24, 2.45) is 0 Å². The van der Waals surface area contributed by atoms with Gasteiger partial charge in [-0.3, -0.25) is 0 Å². The van der Waals surface area contributed by atoms with Crippen molar-refractivity contribution in [1.29, 1.82) is 0 Å². The van der Waals surface area contributed by atoms with Gasteiger partial charge in [-0.05, 0) is 61.3 Å². The van der Waals surface area contributed by atoms with Crippen LogP contribution in [0.2, 0.25) is 0 Å². The summed E-state index contributed by atoms with van der Waals surface area (Å²) in [5.74, 6) is 0.977. The third-order valence-electron chi connectivity index (χ3n) is 3.33. The molecule has 0 aliphatic carbocycles. The molecule has 0 amide bonds. The number of pyridine rings is 1. The van der Waals surface area contributed by atoms with Crippen molar-refractivity contribution < 1.29 is 0 Å². The maximum atomic E-state index is 4.48. The molecule has 0 fully saturated rings. The van der Waals surface area contributed by atoms with E-state index >= 15 is 0 Å². The second-order valence-corrected chi connectivity index (χ2v) is 5.21. The first-order chi connectivity index (χ1) is 9.60. The Kier molecular flexibility index (Phi) is 4.74. The van der Waals surface area contributed by atoms with Gasteiger partial charge < -0.3 is 10.2 Å². The first-order valence-corrected chi connectivity index (χ1v) is 7.08. The number of benzene rings is 1. The van der Waals surface area contributed by atoms with E-state index in [1.165, 1.54) is 22.4 Å². The molecule has 3 nitrogen and oxygen atoms in total. The molecule has 0 aliphatic rings. The molecule has 1 aromatic heterocycles. The smallest absolute Gasteiger partial charge is 0.132 e. The Bertz CT molecular complexity index is 558. The lowest BCUT2D eigenvalue weighted by molar-refractivity contribution is 0.726. The molecule has 106 valence electrons. The Hall–Kier alpha value is -1.87. The molecule has 0 aliphatic heterocycles. The molecule has 2 rings (SSSR count). The quantitative estimate of drug-likeness (QED) is 0.899. The van der Waals surface area contributed by atoms with Gasteiger partial charge in [-0.1, -0.05) is 13.0 Å². The zero-order chi connectivity index (χ0) is 14.5. The Morgan fingerprint density at radius 2 is 1.80 bits per heavy atom. The highest BCUT2D eigenvalue weighted by Crippen LogP contribution is 2.24. The predicted octanol–water partition coefficient (Wildman–Crippen LogP) is 3.58. The molecule has 2 aromatic rings. The fraction of sp³-hybridized carbons (Fsp3) is 0.353. The number of nitrogens with zero attached hydrogens (tertiary/aromatic N) is 2. The molecular weight excluding hydrogens is 246 g/mol. The van der Waals surface area contributed by atoms with Gasteiger partial charge >= 0.3 is 0 Å². The second kappa shape index (κ2) is 6.53. The third-order valence-corrected chi connectivity index (χ3v) is 3.33. The lowest BCUT2D eigenvalue weighted by atomic mass is 10.1. The molecule has 1 N–H and O–H groups in total. The van der Waals surface area contributed by atoms with Crippen molar-refractivity contribution in [2.45, 2.75) is 27.3 Å². The number of aromatic nitrogens is 1. The number of hydrogen-bond donors (Lipinski definition) is 1. The average Bonchev–Trinajstić information content (AvgIpc) is 2.43. The largest absolute Gasteiger partial charge is 0.329 e. The topological polar surface area (TPSA) is 28.2 Å². The van der Waals surface area contributed by atoms with Crippen molar-refractivity contribution in [3.63, 3.8) is 0 Å². The summed E-state index contributed by atoms with van der Waals surface area (Å²) in [7, 11) is 2.06. The van der Waals surface area contributed by atoms with E-state index in [4.69, 9.17) is 0 Å². The van der Waals surface area contributed by atoms with E-state index in [-0.39, 0.29) is 0 Å². The summed E-state index contributed by atoms with van der Waals surface area (Å²) in [6, 6.07) is 10.8. The van der Waals surface area contributed by atoms with Gasteiger partial charge in [0.2, 0.25) is 0 Å². The van der Waals surface area contributed by atoms with Crippen LogP contribution in [0, 0.1) is 13.8 Å². The minimum Gasteiger partial charge on any atom is -0.329 e. The molecule has 0 bridgehead atoms. The highest BCUT2D eigenvalue weighted by Gasteiger charge is 2.07. The van der Waals surface area contributed by atoms with E-state index < -0.39 is 0 Å². The van der Waals surface area contributed by atoms with E-state index in [0.717, 1.165) is 18.9 Å². The zero-order valence-electron chi connectivity index (χ0n) is 12.8. The first-order valence-electron chi connectivity index (χ1n) is 7.08. The van der Waals surface area contributed by atoms with E-state index in [2.05, 4.69) is 73.4 Å². The fourth-order valence-electron chi connectivity index (χ4n) is 2.30. The molecule has 20 heavy (non-hydrogen) atoms. The molecule has 0 radical (unpaired) electrons. The minimum absolute atomic E-state index is 0.882. The summed E-state index contributed by atoms with van der Waals surface area (Å²) in [6.07, 6.45) is 1.88. The van der Waals surface area contributed by atoms with Crippen LogP contribution in [0.15, 0.2) is 36.5 Å². The number of hydrogen-bond acceptors (Lipinski definition) is 3. The van der Waals surface area contributed by atoms with Crippen LogP contribution in [-0.2, 0) is 6.54 Å². The SMILES string of the molecule is CCNCc1ccnc(N(C)c2cc(C)cc(C)c2)c1. The molecule has 3 heteroatoms. The predicted molar refractivity (Wildman–Crippen MR) is 85.6 cm³/mol. The third kappa shape index (κ3) is 3.58. The van der Waals surface area contributed by atoms with E-state index in [0.29, 0.717) is 0 Å². The highest BCUT2D eigenvalue weighted by molar-refractivity contribution is 5.61. The molecular formula is C17H23N3. The monoisotopic (exact) mass is 269 g/mol. The average molecular weight is 269 g/mol. The number of aryl methyl sites for hydroxylation is 2. The van der Waals surface area contributed by atoms with Crippen LogP contribution >= 0.6 is 0 Å². The number of rotatable bonds is 5. The maximum Gasteiger partial charge on any atom is 0.132 e. The van der Waals surface area contributed by atoms with Crippen molar-refractivity contribution in [2.75, 3.05) is 18.5 Å². The van der Waals surface area contributed by atoms with Crippen molar-refractivity contribution in [3.05, 3.63) is 53.2 Å². The molecule has 0 saturated carbocycles. The summed E-state index contributed by atoms with van der Waals surface area (Å²) >= 11 is 0. The Morgan fingerprint density at radius 1 is 1.10 bits per heavy atom. The summed E-state index contributed by atoms with van der Waals surface area (Å²) in [6.45, 7) is 8.22. The standard InChI is InChI=1S/C17H23N3/c1-5-18-12-15-6-7-19-17(11-15)20(4)16-9-13(2)8-14(3)10-16/h6-11,18H,5,12H2,1-4H3. The normalized spacial score (nSPS) is 10.6. The van der Waals surface area contributed by atoms with Gasteiger partial charge in [0.05, 0.1) is 0 Å². The second-order valence-electron chi connectivity index (χ2n) is 5.21. The van der Waals surface area contributed by atoms with Crippen LogP contribution in [0.3, 0.4) is 0 Å². The lowest BCUT2D eigenvalue weighted by Crippen LogP contribution is -2.14. The molecule has 1 aromatic carbocycles. The van der Waals surface area contributed by atoms with Crippen LogP contribution in [0.25, 0.3) is 0 Å². The van der Waals surface area contributed by atoms with Crippen LogP contribution in [0.1, 0.15) is 23.6 Å². The maximum absolute atomic E-state index is 4.48. The van der Waals surface area contributed by atoms with E-state index in [1.54, 1.807) is 0 Å². The zero-order valence-corrected chi connectivity index (χ0v) is 12.8. The van der Waals surface area contributed by atoms with Crippen LogP contribution in [0.5, 0.6) is 0 Å². The number of nitrogens with one attached hydrogen (secondary N) is 1. The fourth-order valence-corrected chi connectivity index (χ4v) is 2.30. The summed E-state index contributed by atoms with van der Waals surface area (Å²) in [5.41, 5.74) is 4.98. The van der Waals surface area contributed by atoms with Gasteiger partial charge in [-0.2, -0.15) is 0 Å². The van der Waals surface area contributed by atoms with Crippen molar-refractivity contribution in [3.8, 4) is 0 Å². The van der Waals surface area contributed by atoms with Gasteiger partial charge in [0, 0.05) is 25.5 Å². The van der Waals surface area contributed by atoms with Gasteiger partial charge in [0.15, 0.2) is 0 Å². The van der Waals surface area contributed by atoms with Crippen molar-refractivity contribution in [1.82, 2.24) is 10.3 Å². The molecule has 0 atom stereocenters. The van der Waals surface area contributed by atoms with Gasteiger partial charge in [-0.15, -0.1) is 0 Å². The number of anilines is 2. The lowest BCUT2D eigenvalue weighted by Gasteiger charge is -2.20. The minimum atomic E-state index is 0.882. The van der Waals surface area contributed by atoms with Gasteiger partial charge in [-0.25, -0.2) is 4.98 Å². The van der Waals surface area contributed by atoms with E-state index in [9.17, 15) is 0 Å². The van der Waals surface area contributed by atoms with Crippen LogP contribution < -0.4 is 10.2 Å². The molecule has 0 unspecified atom stereocenters. The Morgan fingerprint density at radius 3 is 2.45 bits per heavy atom. The Balaban J connectivity index is 2.25. The summed E-state index contributed by atoms with van der Waals surface area (Å²) in [4.78, 5) is 6.62. The van der Waals surface area contributed by atoms with Crippen LogP contribution in [-0.4, -0.2) is 18.6 Å². The van der Waals surface area contributed by atoms with Crippen molar-refractivity contribution >= 4 is 11.5 Å². The summed E-state index contributed by atoms with van der Waals surface area (Å²) < 4.78 is 0. The Labute approximate surface area is 121 Å². The molecule has 0 spiro atoms. The molecule has 0 saturated heterocycles. The first kappa shape index (κ1) is 14.5. The van der Waals surface area contributed by atoms with Gasteiger partial charge in [0.1, 0.15) is 5.82 Å². The van der Waals surface area contributed by atoms with Crippen LogP contribution in [0.4, 0.5) is 11.5 Å².